The average Bonchev–Trinajstić information content (AvgIpc) is 3.07. The van der Waals surface area contributed by atoms with E-state index in [1.54, 1.807) is 0 Å². The Bertz CT molecular complexity index is 1040. The van der Waals surface area contributed by atoms with Gasteiger partial charge in [0, 0.05) is 0 Å². The molecule has 0 aliphatic heterocycles. The van der Waals surface area contributed by atoms with Gasteiger partial charge in [0.1, 0.15) is 5.75 Å². The zero-order valence-corrected chi connectivity index (χ0v) is 27.1. The highest BCUT2D eigenvalue weighted by Gasteiger charge is 2.57. The molecule has 1 aromatic carbocycles. The molecule has 1 aromatic rings. The molecule has 200 valence electrons. The maximum Gasteiger partial charge on any atom is 0.250 e. The molecule has 0 N–H and O–H groups in total. The van der Waals surface area contributed by atoms with Crippen LogP contribution in [0.2, 0.25) is 36.3 Å². The van der Waals surface area contributed by atoms with Crippen LogP contribution < -0.4 is 4.43 Å². The van der Waals surface area contributed by atoms with Gasteiger partial charge in [-0.05, 0) is 121 Å². The van der Waals surface area contributed by atoms with Gasteiger partial charge in [-0.25, -0.2) is 0 Å². The second kappa shape index (κ2) is 9.03. The number of benzene rings is 1. The van der Waals surface area contributed by atoms with Crippen molar-refractivity contribution in [3.8, 4) is 18.1 Å². The first-order valence-electron chi connectivity index (χ1n) is 14.4. The molecule has 36 heavy (non-hydrogen) atoms. The first-order valence-corrected chi connectivity index (χ1v) is 20.2. The van der Waals surface area contributed by atoms with Crippen molar-refractivity contribution in [2.24, 2.45) is 17.3 Å². The van der Waals surface area contributed by atoms with E-state index in [0.717, 1.165) is 29.6 Å². The Hall–Kier alpha value is -1.03. The number of hydrogen-bond donors (Lipinski definition) is 0. The fourth-order valence-corrected chi connectivity index (χ4v) is 9.38. The van der Waals surface area contributed by atoms with Crippen LogP contribution in [0.4, 0.5) is 0 Å². The fourth-order valence-electron chi connectivity index (χ4n) is 6.90. The molecule has 3 aliphatic carbocycles. The number of aryl methyl sites for hydroxylation is 1. The quantitative estimate of drug-likeness (QED) is 0.288. The Morgan fingerprint density at radius 3 is 2.14 bits per heavy atom. The summed E-state index contributed by atoms with van der Waals surface area (Å²) >= 11 is 0. The van der Waals surface area contributed by atoms with Crippen LogP contribution in [0.5, 0.6) is 5.75 Å². The van der Waals surface area contributed by atoms with Crippen molar-refractivity contribution in [2.45, 2.75) is 135 Å². The Balaban J connectivity index is 1.60. The third kappa shape index (κ3) is 4.67. The van der Waals surface area contributed by atoms with Gasteiger partial charge in [0.25, 0.3) is 8.32 Å². The SMILES string of the molecule is C#Cc1cc2c(cc1O[Si](C)(C)C(C)(C)C)CC[C@@H]1[C@@H]2CC[C@]2(C)[C@@H](O[Si](C)(C)C(C)(C)C)CC[C@@H]12. The van der Waals surface area contributed by atoms with Crippen molar-refractivity contribution < 1.29 is 8.85 Å². The second-order valence-corrected chi connectivity index (χ2v) is 24.9. The van der Waals surface area contributed by atoms with E-state index in [9.17, 15) is 0 Å². The molecule has 0 spiro atoms. The van der Waals surface area contributed by atoms with Crippen LogP contribution in [0.15, 0.2) is 12.1 Å². The summed E-state index contributed by atoms with van der Waals surface area (Å²) in [6.45, 7) is 26.0. The third-order valence-corrected chi connectivity index (χ3v) is 20.1. The van der Waals surface area contributed by atoms with Crippen LogP contribution in [0.3, 0.4) is 0 Å². The Kier molecular flexibility index (Phi) is 7.02. The number of hydrogen-bond acceptors (Lipinski definition) is 2. The Morgan fingerprint density at radius 1 is 0.917 bits per heavy atom. The van der Waals surface area contributed by atoms with Gasteiger partial charge in [-0.3, -0.25) is 0 Å². The average molecular weight is 525 g/mol. The van der Waals surface area contributed by atoms with Crippen LogP contribution >= 0.6 is 0 Å². The predicted octanol–water partition coefficient (Wildman–Crippen LogP) is 9.30. The normalized spacial score (nSPS) is 30.7. The number of terminal acetylenes is 1. The van der Waals surface area contributed by atoms with E-state index >= 15 is 0 Å². The van der Waals surface area contributed by atoms with Crippen LogP contribution in [-0.2, 0) is 10.8 Å². The van der Waals surface area contributed by atoms with E-state index in [-0.39, 0.29) is 10.1 Å². The van der Waals surface area contributed by atoms with Crippen molar-refractivity contribution in [3.05, 3.63) is 28.8 Å². The van der Waals surface area contributed by atoms with Crippen LogP contribution in [0.1, 0.15) is 103 Å². The minimum atomic E-state index is -1.95. The molecule has 0 aromatic heterocycles. The first-order chi connectivity index (χ1) is 16.4. The molecule has 2 fully saturated rings. The molecule has 2 saturated carbocycles. The van der Waals surface area contributed by atoms with E-state index < -0.39 is 16.6 Å². The molecule has 4 heteroatoms. The molecule has 0 saturated heterocycles. The van der Waals surface area contributed by atoms with Crippen LogP contribution in [-0.4, -0.2) is 22.7 Å². The molecule has 0 radical (unpaired) electrons. The molecule has 5 atom stereocenters. The van der Waals surface area contributed by atoms with Gasteiger partial charge in [0.05, 0.1) is 11.7 Å². The van der Waals surface area contributed by atoms with Gasteiger partial charge in [-0.1, -0.05) is 54.4 Å². The van der Waals surface area contributed by atoms with Gasteiger partial charge in [0.2, 0.25) is 0 Å². The van der Waals surface area contributed by atoms with Gasteiger partial charge >= 0.3 is 0 Å². The smallest absolute Gasteiger partial charge is 0.250 e. The molecule has 0 unspecified atom stereocenters. The van der Waals surface area contributed by atoms with E-state index in [2.05, 4.69) is 92.7 Å². The lowest BCUT2D eigenvalue weighted by atomic mass is 9.55. The summed E-state index contributed by atoms with van der Waals surface area (Å²) in [5.74, 6) is 6.09. The molecule has 0 bridgehead atoms. The van der Waals surface area contributed by atoms with Crippen molar-refractivity contribution in [1.82, 2.24) is 0 Å². The lowest BCUT2D eigenvalue weighted by molar-refractivity contribution is -0.0165. The summed E-state index contributed by atoms with van der Waals surface area (Å²) in [5.41, 5.74) is 4.28. The number of rotatable bonds is 4. The number of fused-ring (bicyclic) bond motifs is 5. The van der Waals surface area contributed by atoms with Crippen molar-refractivity contribution in [1.29, 1.82) is 0 Å². The molecule has 0 amide bonds. The van der Waals surface area contributed by atoms with Gasteiger partial charge in [-0.15, -0.1) is 6.42 Å². The molecular formula is C32H52O2Si2. The maximum atomic E-state index is 7.11. The van der Waals surface area contributed by atoms with Gasteiger partial charge in [0.15, 0.2) is 8.32 Å². The maximum absolute atomic E-state index is 7.11. The first kappa shape index (κ1) is 28.0. The highest BCUT2D eigenvalue weighted by Crippen LogP contribution is 2.62. The predicted molar refractivity (Wildman–Crippen MR) is 159 cm³/mol. The Morgan fingerprint density at radius 2 is 1.56 bits per heavy atom. The lowest BCUT2D eigenvalue weighted by Gasteiger charge is -2.52. The molecule has 4 rings (SSSR count). The van der Waals surface area contributed by atoms with E-state index in [1.807, 2.05) is 0 Å². The minimum Gasteiger partial charge on any atom is -0.543 e. The Labute approximate surface area is 224 Å². The highest BCUT2D eigenvalue weighted by atomic mass is 28.4. The lowest BCUT2D eigenvalue weighted by Crippen LogP contribution is -2.50. The monoisotopic (exact) mass is 524 g/mol. The summed E-state index contributed by atoms with van der Waals surface area (Å²) < 4.78 is 13.9. The van der Waals surface area contributed by atoms with E-state index in [0.29, 0.717) is 17.4 Å². The summed E-state index contributed by atoms with van der Waals surface area (Å²) in [7, 11) is -3.73. The van der Waals surface area contributed by atoms with Crippen molar-refractivity contribution in [3.63, 3.8) is 0 Å². The van der Waals surface area contributed by atoms with E-state index in [1.165, 1.54) is 43.2 Å². The highest BCUT2D eigenvalue weighted by molar-refractivity contribution is 6.75. The van der Waals surface area contributed by atoms with Gasteiger partial charge in [-0.2, -0.15) is 0 Å². The molecule has 3 aliphatic rings. The van der Waals surface area contributed by atoms with E-state index in [4.69, 9.17) is 15.3 Å². The molecule has 2 nitrogen and oxygen atoms in total. The largest absolute Gasteiger partial charge is 0.543 e. The minimum absolute atomic E-state index is 0.152. The molecular weight excluding hydrogens is 473 g/mol. The van der Waals surface area contributed by atoms with Crippen molar-refractivity contribution in [2.75, 3.05) is 0 Å². The fraction of sp³-hybridized carbons (Fsp3) is 0.750. The van der Waals surface area contributed by atoms with Crippen LogP contribution in [0.25, 0.3) is 0 Å². The van der Waals surface area contributed by atoms with Gasteiger partial charge < -0.3 is 8.85 Å². The summed E-state index contributed by atoms with van der Waals surface area (Å²) in [6, 6.07) is 4.67. The van der Waals surface area contributed by atoms with Crippen molar-refractivity contribution >= 4 is 16.6 Å². The summed E-state index contributed by atoms with van der Waals surface area (Å²) in [5, 5.41) is 0.414. The van der Waals surface area contributed by atoms with Crippen LogP contribution in [0, 0.1) is 29.6 Å². The summed E-state index contributed by atoms with van der Waals surface area (Å²) in [6.07, 6.45) is 14.0. The zero-order chi connectivity index (χ0) is 26.9. The third-order valence-electron chi connectivity index (χ3n) is 11.3. The zero-order valence-electron chi connectivity index (χ0n) is 25.1. The standard InChI is InChI=1S/C32H52O2Si2/c1-13-22-20-26-23(21-28(22)33-35(9,10)30(2,3)4)14-15-25-24(26)18-19-32(8)27(25)16-17-29(32)34-36(11,12)31(5,6)7/h1,20-21,24-25,27,29H,14-19H2,2-12H3/t24-,25+,27-,29-,32-/m0/s1. The second-order valence-electron chi connectivity index (χ2n) is 15.5. The summed E-state index contributed by atoms with van der Waals surface area (Å²) in [4.78, 5) is 0. The molecule has 0 heterocycles. The topological polar surface area (TPSA) is 18.5 Å².